The van der Waals surface area contributed by atoms with Gasteiger partial charge in [-0.25, -0.2) is 0 Å². The molecule has 2 rings (SSSR count). The predicted octanol–water partition coefficient (Wildman–Crippen LogP) is 1.67. The zero-order valence-electron chi connectivity index (χ0n) is 10.1. The zero-order valence-corrected chi connectivity index (χ0v) is 10.1. The summed E-state index contributed by atoms with van der Waals surface area (Å²) in [5.74, 6) is 0.959. The minimum absolute atomic E-state index is 0.233. The third kappa shape index (κ3) is 3.35. The zero-order chi connectivity index (χ0) is 12.1. The summed E-state index contributed by atoms with van der Waals surface area (Å²) in [6.45, 7) is 2.43. The van der Waals surface area contributed by atoms with Crippen LogP contribution in [0.25, 0.3) is 0 Å². The van der Waals surface area contributed by atoms with Crippen molar-refractivity contribution in [3.8, 4) is 11.5 Å². The van der Waals surface area contributed by atoms with Gasteiger partial charge in [0.1, 0.15) is 11.5 Å². The molecule has 1 heterocycles. The van der Waals surface area contributed by atoms with Crippen LogP contribution in [0.2, 0.25) is 0 Å². The van der Waals surface area contributed by atoms with Gasteiger partial charge in [0.15, 0.2) is 0 Å². The summed E-state index contributed by atoms with van der Waals surface area (Å²) in [7, 11) is 1.62. The highest BCUT2D eigenvalue weighted by atomic mass is 16.5. The molecule has 1 saturated heterocycles. The van der Waals surface area contributed by atoms with E-state index in [1.165, 1.54) is 0 Å². The van der Waals surface area contributed by atoms with Crippen molar-refractivity contribution < 1.29 is 14.6 Å². The van der Waals surface area contributed by atoms with Crippen molar-refractivity contribution in [1.82, 2.24) is 5.32 Å². The molecular formula is C13H19NO3. The third-order valence-corrected chi connectivity index (χ3v) is 3.07. The van der Waals surface area contributed by atoms with E-state index in [2.05, 4.69) is 5.32 Å². The van der Waals surface area contributed by atoms with E-state index in [0.29, 0.717) is 6.04 Å². The maximum Gasteiger partial charge on any atom is 0.127 e. The minimum Gasteiger partial charge on any atom is -0.508 e. The van der Waals surface area contributed by atoms with Gasteiger partial charge in [-0.15, -0.1) is 0 Å². The molecular weight excluding hydrogens is 218 g/mol. The normalized spacial score (nSPS) is 17.0. The number of ether oxygens (including phenoxy) is 2. The number of benzene rings is 1. The second-order valence-electron chi connectivity index (χ2n) is 4.26. The van der Waals surface area contributed by atoms with E-state index in [4.69, 9.17) is 9.47 Å². The molecule has 1 aliphatic heterocycles. The van der Waals surface area contributed by atoms with Crippen molar-refractivity contribution >= 4 is 0 Å². The van der Waals surface area contributed by atoms with E-state index in [1.54, 1.807) is 19.2 Å². The van der Waals surface area contributed by atoms with Gasteiger partial charge in [0, 0.05) is 37.4 Å². The molecule has 0 atom stereocenters. The number of nitrogens with one attached hydrogen (secondary N) is 1. The van der Waals surface area contributed by atoms with Gasteiger partial charge in [-0.3, -0.25) is 0 Å². The van der Waals surface area contributed by atoms with Crippen LogP contribution in [0, 0.1) is 0 Å². The first kappa shape index (κ1) is 12.2. The molecule has 94 valence electrons. The SMILES string of the molecule is COc1cc(O)ccc1CNC1CCOCC1. The molecule has 17 heavy (non-hydrogen) atoms. The number of phenols is 1. The van der Waals surface area contributed by atoms with E-state index in [-0.39, 0.29) is 5.75 Å². The van der Waals surface area contributed by atoms with Crippen LogP contribution < -0.4 is 10.1 Å². The van der Waals surface area contributed by atoms with E-state index in [0.717, 1.165) is 43.9 Å². The molecule has 0 unspecified atom stereocenters. The lowest BCUT2D eigenvalue weighted by Crippen LogP contribution is -2.34. The highest BCUT2D eigenvalue weighted by Gasteiger charge is 2.13. The lowest BCUT2D eigenvalue weighted by atomic mass is 10.1. The monoisotopic (exact) mass is 237 g/mol. The number of hydrogen-bond acceptors (Lipinski definition) is 4. The fourth-order valence-electron chi connectivity index (χ4n) is 2.04. The summed E-state index contributed by atoms with van der Waals surface area (Å²) in [4.78, 5) is 0. The Morgan fingerprint density at radius 2 is 2.18 bits per heavy atom. The molecule has 0 spiro atoms. The van der Waals surface area contributed by atoms with E-state index < -0.39 is 0 Å². The minimum atomic E-state index is 0.233. The van der Waals surface area contributed by atoms with Gasteiger partial charge < -0.3 is 19.9 Å². The fourth-order valence-corrected chi connectivity index (χ4v) is 2.04. The highest BCUT2D eigenvalue weighted by molar-refractivity contribution is 5.39. The third-order valence-electron chi connectivity index (χ3n) is 3.07. The Hall–Kier alpha value is -1.26. The summed E-state index contributed by atoms with van der Waals surface area (Å²) < 4.78 is 10.6. The molecule has 2 N–H and O–H groups in total. The number of aromatic hydroxyl groups is 1. The van der Waals surface area contributed by atoms with Crippen molar-refractivity contribution in [3.05, 3.63) is 23.8 Å². The van der Waals surface area contributed by atoms with Crippen molar-refractivity contribution in [3.63, 3.8) is 0 Å². The Balaban J connectivity index is 1.93. The Bertz CT molecular complexity index is 362. The van der Waals surface area contributed by atoms with Gasteiger partial charge in [-0.1, -0.05) is 6.07 Å². The Labute approximate surface area is 102 Å². The summed E-state index contributed by atoms with van der Waals surface area (Å²) >= 11 is 0. The van der Waals surface area contributed by atoms with Crippen molar-refractivity contribution in [2.75, 3.05) is 20.3 Å². The van der Waals surface area contributed by atoms with Crippen LogP contribution in [-0.2, 0) is 11.3 Å². The van der Waals surface area contributed by atoms with Crippen LogP contribution in [0.1, 0.15) is 18.4 Å². The molecule has 1 aromatic carbocycles. The average molecular weight is 237 g/mol. The average Bonchev–Trinajstić information content (AvgIpc) is 2.38. The Kier molecular flexibility index (Phi) is 4.23. The first-order chi connectivity index (χ1) is 8.29. The van der Waals surface area contributed by atoms with E-state index in [1.807, 2.05) is 6.07 Å². The molecule has 0 bridgehead atoms. The summed E-state index contributed by atoms with van der Waals surface area (Å²) in [5.41, 5.74) is 1.07. The van der Waals surface area contributed by atoms with Crippen LogP contribution in [0.3, 0.4) is 0 Å². The molecule has 0 aromatic heterocycles. The lowest BCUT2D eigenvalue weighted by Gasteiger charge is -2.23. The Morgan fingerprint density at radius 3 is 2.88 bits per heavy atom. The first-order valence-corrected chi connectivity index (χ1v) is 5.96. The van der Waals surface area contributed by atoms with Crippen LogP contribution >= 0.6 is 0 Å². The van der Waals surface area contributed by atoms with Crippen LogP contribution in [0.15, 0.2) is 18.2 Å². The van der Waals surface area contributed by atoms with Gasteiger partial charge in [0.2, 0.25) is 0 Å². The largest absolute Gasteiger partial charge is 0.508 e. The van der Waals surface area contributed by atoms with Crippen molar-refractivity contribution in [1.29, 1.82) is 0 Å². The van der Waals surface area contributed by atoms with Gasteiger partial charge in [-0.05, 0) is 18.9 Å². The molecule has 1 fully saturated rings. The second-order valence-corrected chi connectivity index (χ2v) is 4.26. The van der Waals surface area contributed by atoms with E-state index >= 15 is 0 Å². The number of methoxy groups -OCH3 is 1. The first-order valence-electron chi connectivity index (χ1n) is 5.96. The summed E-state index contributed by atoms with van der Waals surface area (Å²) in [6, 6.07) is 5.73. The van der Waals surface area contributed by atoms with Gasteiger partial charge in [0.25, 0.3) is 0 Å². The maximum atomic E-state index is 9.37. The lowest BCUT2D eigenvalue weighted by molar-refractivity contribution is 0.0775. The quantitative estimate of drug-likeness (QED) is 0.836. The molecule has 4 nitrogen and oxygen atoms in total. The molecule has 0 amide bonds. The predicted molar refractivity (Wildman–Crippen MR) is 65.3 cm³/mol. The standard InChI is InChI=1S/C13H19NO3/c1-16-13-8-12(15)3-2-10(13)9-14-11-4-6-17-7-5-11/h2-3,8,11,14-15H,4-7,9H2,1H3. The molecule has 1 aliphatic rings. The van der Waals surface area contributed by atoms with Crippen LogP contribution in [0.5, 0.6) is 11.5 Å². The molecule has 0 saturated carbocycles. The van der Waals surface area contributed by atoms with Crippen LogP contribution in [0.4, 0.5) is 0 Å². The van der Waals surface area contributed by atoms with Crippen LogP contribution in [-0.4, -0.2) is 31.5 Å². The molecule has 4 heteroatoms. The fraction of sp³-hybridized carbons (Fsp3) is 0.538. The van der Waals surface area contributed by atoms with Crippen molar-refractivity contribution in [2.24, 2.45) is 0 Å². The topological polar surface area (TPSA) is 50.7 Å². The number of phenolic OH excluding ortho intramolecular Hbond substituents is 1. The molecule has 0 aliphatic carbocycles. The second kappa shape index (κ2) is 5.89. The Morgan fingerprint density at radius 1 is 1.41 bits per heavy atom. The smallest absolute Gasteiger partial charge is 0.127 e. The maximum absolute atomic E-state index is 9.37. The molecule has 0 radical (unpaired) electrons. The number of rotatable bonds is 4. The van der Waals surface area contributed by atoms with E-state index in [9.17, 15) is 5.11 Å². The molecule has 1 aromatic rings. The van der Waals surface area contributed by atoms with Gasteiger partial charge in [-0.2, -0.15) is 0 Å². The highest BCUT2D eigenvalue weighted by Crippen LogP contribution is 2.23. The summed E-state index contributed by atoms with van der Waals surface area (Å²) in [5, 5.41) is 12.9. The number of hydrogen-bond donors (Lipinski definition) is 2. The summed E-state index contributed by atoms with van der Waals surface area (Å²) in [6.07, 6.45) is 2.11. The van der Waals surface area contributed by atoms with Gasteiger partial charge >= 0.3 is 0 Å². The van der Waals surface area contributed by atoms with Crippen molar-refractivity contribution in [2.45, 2.75) is 25.4 Å². The van der Waals surface area contributed by atoms with Gasteiger partial charge in [0.05, 0.1) is 7.11 Å².